The average Bonchev–Trinajstić information content (AvgIpc) is 2.14. The topological polar surface area (TPSA) is 26.3 Å². The average molecular weight is 268 g/mol. The Kier molecular flexibility index (Phi) is 10.3. The van der Waals surface area contributed by atoms with Gasteiger partial charge in [0.2, 0.25) is 0 Å². The van der Waals surface area contributed by atoms with Gasteiger partial charge >= 0.3 is 5.97 Å². The summed E-state index contributed by atoms with van der Waals surface area (Å²) < 4.78 is 5.11. The van der Waals surface area contributed by atoms with E-state index in [0.29, 0.717) is 12.2 Å². The lowest BCUT2D eigenvalue weighted by molar-refractivity contribution is -0.138. The molecule has 0 atom stereocenters. The van der Waals surface area contributed by atoms with Crippen molar-refractivity contribution in [3.8, 4) is 0 Å². The smallest absolute Gasteiger partial charge is 0.333 e. The van der Waals surface area contributed by atoms with Crippen molar-refractivity contribution in [2.45, 2.75) is 26.7 Å². The number of hydrogen-bond acceptors (Lipinski definition) is 2. The Hall–Kier alpha value is -0.0700. The van der Waals surface area contributed by atoms with Gasteiger partial charge in [0.1, 0.15) is 6.61 Å². The third kappa shape index (κ3) is 9.18. The fourth-order valence-electron chi connectivity index (χ4n) is 1.21. The van der Waals surface area contributed by atoms with E-state index in [2.05, 4.69) is 26.8 Å². The summed E-state index contributed by atoms with van der Waals surface area (Å²) in [4.78, 5) is 11.1. The summed E-state index contributed by atoms with van der Waals surface area (Å²) in [6, 6.07) is 0. The van der Waals surface area contributed by atoms with Crippen molar-refractivity contribution in [1.82, 2.24) is 0 Å². The maximum atomic E-state index is 11.1. The molecule has 0 aliphatic heterocycles. The number of esters is 1. The standard InChI is InChI=1S/C12H24O2P.ClH/c1-6-7-9-15(4,5)10-8-14-12(13)11(2)3;/h2,6-10H2,1,3-5H3;1H/q+1;. The molecule has 0 aromatic heterocycles. The van der Waals surface area contributed by atoms with Crippen LogP contribution in [0.25, 0.3) is 0 Å². The van der Waals surface area contributed by atoms with Crippen LogP contribution in [0.3, 0.4) is 0 Å². The molecule has 0 amide bonds. The van der Waals surface area contributed by atoms with Crippen molar-refractivity contribution in [1.29, 1.82) is 0 Å². The van der Waals surface area contributed by atoms with E-state index in [1.165, 1.54) is 19.0 Å². The number of halogens is 1. The lowest BCUT2D eigenvalue weighted by Crippen LogP contribution is -2.12. The van der Waals surface area contributed by atoms with E-state index in [1.807, 2.05) is 0 Å². The third-order valence-corrected chi connectivity index (χ3v) is 5.32. The highest BCUT2D eigenvalue weighted by atomic mass is 35.5. The van der Waals surface area contributed by atoms with Crippen molar-refractivity contribution in [2.24, 2.45) is 0 Å². The monoisotopic (exact) mass is 267 g/mol. The first-order chi connectivity index (χ1) is 6.89. The normalized spacial score (nSPS) is 10.5. The molecular weight excluding hydrogens is 243 g/mol. The summed E-state index contributed by atoms with van der Waals surface area (Å²) in [5, 5.41) is 0. The van der Waals surface area contributed by atoms with E-state index >= 15 is 0 Å². The minimum absolute atomic E-state index is 0. The number of rotatable bonds is 7. The summed E-state index contributed by atoms with van der Waals surface area (Å²) in [6.07, 6.45) is 4.87. The molecule has 0 heterocycles. The molecule has 0 rings (SSSR count). The Morgan fingerprint density at radius 3 is 2.31 bits per heavy atom. The van der Waals surface area contributed by atoms with Crippen LogP contribution in [0.1, 0.15) is 26.7 Å². The van der Waals surface area contributed by atoms with Gasteiger partial charge in [0, 0.05) is 26.2 Å². The molecule has 0 saturated carbocycles. The van der Waals surface area contributed by atoms with Crippen LogP contribution in [0, 0.1) is 0 Å². The Bertz CT molecular complexity index is 227. The molecule has 0 aromatic rings. The molecule has 0 aliphatic carbocycles. The Labute approximate surface area is 107 Å². The number of unbranched alkanes of at least 4 members (excludes halogenated alkanes) is 1. The molecule has 0 spiro atoms. The highest BCUT2D eigenvalue weighted by Crippen LogP contribution is 2.51. The van der Waals surface area contributed by atoms with Gasteiger partial charge in [0.15, 0.2) is 0 Å². The van der Waals surface area contributed by atoms with Crippen molar-refractivity contribution >= 4 is 25.6 Å². The molecule has 96 valence electrons. The minimum atomic E-state index is -0.852. The largest absolute Gasteiger partial charge is 0.458 e. The van der Waals surface area contributed by atoms with Crippen LogP contribution in [0.2, 0.25) is 0 Å². The zero-order chi connectivity index (χ0) is 11.9. The van der Waals surface area contributed by atoms with Crippen molar-refractivity contribution in [3.05, 3.63) is 12.2 Å². The van der Waals surface area contributed by atoms with Crippen molar-refractivity contribution < 1.29 is 9.53 Å². The molecule has 4 heteroatoms. The molecule has 0 aromatic carbocycles. The second kappa shape index (κ2) is 9.01. The van der Waals surface area contributed by atoms with Gasteiger partial charge in [-0.15, -0.1) is 12.4 Å². The van der Waals surface area contributed by atoms with Gasteiger partial charge in [-0.1, -0.05) is 19.9 Å². The van der Waals surface area contributed by atoms with Gasteiger partial charge in [0.25, 0.3) is 0 Å². The molecule has 0 saturated heterocycles. The summed E-state index contributed by atoms with van der Waals surface area (Å²) in [6.45, 7) is 12.7. The molecule has 0 radical (unpaired) electrons. The predicted octanol–water partition coefficient (Wildman–Crippen LogP) is 3.60. The van der Waals surface area contributed by atoms with E-state index in [-0.39, 0.29) is 18.4 Å². The van der Waals surface area contributed by atoms with E-state index in [0.717, 1.165) is 6.16 Å². The van der Waals surface area contributed by atoms with Crippen LogP contribution in [-0.2, 0) is 9.53 Å². The van der Waals surface area contributed by atoms with Gasteiger partial charge in [-0.05, 0) is 13.3 Å². The van der Waals surface area contributed by atoms with E-state index in [4.69, 9.17) is 4.74 Å². The van der Waals surface area contributed by atoms with Gasteiger partial charge in [-0.3, -0.25) is 0 Å². The molecule has 2 nitrogen and oxygen atoms in total. The minimum Gasteiger partial charge on any atom is -0.458 e. The van der Waals surface area contributed by atoms with Crippen LogP contribution in [0.15, 0.2) is 12.2 Å². The number of carbonyl (C=O) groups excluding carboxylic acids is 1. The maximum Gasteiger partial charge on any atom is 0.333 e. The first kappa shape index (κ1) is 18.3. The molecule has 0 N–H and O–H groups in total. The van der Waals surface area contributed by atoms with Crippen LogP contribution >= 0.6 is 19.7 Å². The number of carbonyl (C=O) groups is 1. The SMILES string of the molecule is C=C(C)C(=O)OCC[P+](C)(C)CCCC.Cl. The van der Waals surface area contributed by atoms with Gasteiger partial charge < -0.3 is 4.74 Å². The fraction of sp³-hybridized carbons (Fsp3) is 0.750. The summed E-state index contributed by atoms with van der Waals surface area (Å²) >= 11 is 0. The zero-order valence-electron chi connectivity index (χ0n) is 10.9. The summed E-state index contributed by atoms with van der Waals surface area (Å²) in [5.74, 6) is -0.259. The van der Waals surface area contributed by atoms with Crippen LogP contribution in [0.4, 0.5) is 0 Å². The first-order valence-electron chi connectivity index (χ1n) is 5.53. The lowest BCUT2D eigenvalue weighted by atomic mass is 10.4. The lowest BCUT2D eigenvalue weighted by Gasteiger charge is -2.17. The Morgan fingerprint density at radius 2 is 1.88 bits per heavy atom. The summed E-state index contributed by atoms with van der Waals surface area (Å²) in [7, 11) is -0.852. The van der Waals surface area contributed by atoms with Crippen LogP contribution in [0.5, 0.6) is 0 Å². The molecule has 0 unspecified atom stereocenters. The maximum absolute atomic E-state index is 11.1. The number of ether oxygens (including phenoxy) is 1. The molecule has 0 fully saturated rings. The van der Waals surface area contributed by atoms with E-state index in [1.54, 1.807) is 6.92 Å². The zero-order valence-corrected chi connectivity index (χ0v) is 12.6. The first-order valence-corrected chi connectivity index (χ1v) is 8.59. The van der Waals surface area contributed by atoms with Crippen molar-refractivity contribution in [2.75, 3.05) is 32.3 Å². The second-order valence-corrected chi connectivity index (χ2v) is 9.42. The third-order valence-electron chi connectivity index (χ3n) is 2.40. The molecule has 16 heavy (non-hydrogen) atoms. The quantitative estimate of drug-likeness (QED) is 0.400. The molecule has 0 bridgehead atoms. The Balaban J connectivity index is 0. The predicted molar refractivity (Wildman–Crippen MR) is 76.4 cm³/mol. The van der Waals surface area contributed by atoms with Crippen molar-refractivity contribution in [3.63, 3.8) is 0 Å². The van der Waals surface area contributed by atoms with Crippen LogP contribution in [-0.4, -0.2) is 38.2 Å². The fourth-order valence-corrected chi connectivity index (χ4v) is 3.19. The highest BCUT2D eigenvalue weighted by molar-refractivity contribution is 7.74. The van der Waals surface area contributed by atoms with Gasteiger partial charge in [-0.25, -0.2) is 4.79 Å². The van der Waals surface area contributed by atoms with Gasteiger partial charge in [-0.2, -0.15) is 0 Å². The second-order valence-electron chi connectivity index (χ2n) is 4.65. The highest BCUT2D eigenvalue weighted by Gasteiger charge is 2.24. The Morgan fingerprint density at radius 1 is 1.31 bits per heavy atom. The number of hydrogen-bond donors (Lipinski definition) is 0. The molecular formula is C12H25ClO2P+. The van der Waals surface area contributed by atoms with E-state index < -0.39 is 7.26 Å². The summed E-state index contributed by atoms with van der Waals surface area (Å²) in [5.41, 5.74) is 0.486. The molecule has 0 aliphatic rings. The van der Waals surface area contributed by atoms with E-state index in [9.17, 15) is 4.79 Å². The van der Waals surface area contributed by atoms with Gasteiger partial charge in [0.05, 0.1) is 12.3 Å². The van der Waals surface area contributed by atoms with Crippen LogP contribution < -0.4 is 0 Å².